The second kappa shape index (κ2) is 4.29. The highest BCUT2D eigenvalue weighted by atomic mass is 35.5. The van der Waals surface area contributed by atoms with E-state index in [-0.39, 0.29) is 10.8 Å². The third-order valence-electron chi connectivity index (χ3n) is 1.38. The predicted molar refractivity (Wildman–Crippen MR) is 48.5 cm³/mol. The van der Waals surface area contributed by atoms with Crippen LogP contribution in [0.1, 0.15) is 5.56 Å². The van der Waals surface area contributed by atoms with Crippen LogP contribution in [0.15, 0.2) is 18.2 Å². The number of hydrogen-bond donors (Lipinski definition) is 2. The van der Waals surface area contributed by atoms with Gasteiger partial charge in [0.2, 0.25) is 0 Å². The molecule has 7 heteroatoms. The second-order valence-electron chi connectivity index (χ2n) is 2.49. The van der Waals surface area contributed by atoms with Gasteiger partial charge in [-0.15, -0.1) is 0 Å². The average Bonchev–Trinajstić information content (AvgIpc) is 2.06. The molecule has 0 aromatic heterocycles. The maximum Gasteiger partial charge on any atom is 0.524 e. The van der Waals surface area contributed by atoms with Gasteiger partial charge in [0.1, 0.15) is 12.4 Å². The number of phosphoric ester groups is 1. The average molecular weight is 238 g/mol. The zero-order chi connectivity index (χ0) is 10.8. The summed E-state index contributed by atoms with van der Waals surface area (Å²) in [4.78, 5) is 17.0. The third-order valence-corrected chi connectivity index (χ3v) is 2.13. The summed E-state index contributed by atoms with van der Waals surface area (Å²) in [7, 11) is -4.63. The molecule has 0 aliphatic rings. The Morgan fingerprint density at radius 2 is 2.07 bits per heavy atom. The van der Waals surface area contributed by atoms with Crippen LogP contribution in [0.25, 0.3) is 0 Å². The van der Waals surface area contributed by atoms with Crippen molar-refractivity contribution in [1.29, 1.82) is 0 Å². The second-order valence-corrected chi connectivity index (χ2v) is 4.06. The van der Waals surface area contributed by atoms with Crippen molar-refractivity contribution in [2.45, 2.75) is 6.61 Å². The van der Waals surface area contributed by atoms with Gasteiger partial charge >= 0.3 is 7.82 Å². The molecular weight excluding hydrogens is 230 g/mol. The summed E-state index contributed by atoms with van der Waals surface area (Å²) in [5.41, 5.74) is 0.345. The quantitative estimate of drug-likeness (QED) is 0.784. The molecule has 1 radical (unpaired) electrons. The Morgan fingerprint density at radius 1 is 1.43 bits per heavy atom. The van der Waals surface area contributed by atoms with Crippen LogP contribution < -0.4 is 4.52 Å². The van der Waals surface area contributed by atoms with Crippen LogP contribution in [0, 0.1) is 0 Å². The van der Waals surface area contributed by atoms with Gasteiger partial charge in [-0.3, -0.25) is 9.79 Å². The lowest BCUT2D eigenvalue weighted by Gasteiger charge is -2.08. The highest BCUT2D eigenvalue weighted by molar-refractivity contribution is 7.46. The van der Waals surface area contributed by atoms with Gasteiger partial charge < -0.3 is 4.52 Å². The molecule has 0 saturated carbocycles. The maximum atomic E-state index is 10.5. The molecule has 1 aromatic carbocycles. The monoisotopic (exact) mass is 237 g/mol. The first-order valence-electron chi connectivity index (χ1n) is 3.54. The molecule has 5 nitrogen and oxygen atoms in total. The first-order valence-corrected chi connectivity index (χ1v) is 5.45. The van der Waals surface area contributed by atoms with E-state index in [0.29, 0.717) is 5.56 Å². The number of rotatable bonds is 3. The first kappa shape index (κ1) is 11.5. The molecule has 0 unspecified atom stereocenters. The van der Waals surface area contributed by atoms with Crippen molar-refractivity contribution in [3.63, 3.8) is 0 Å². The summed E-state index contributed by atoms with van der Waals surface area (Å²) in [5, 5.41) is 10.5. The molecule has 0 amide bonds. The van der Waals surface area contributed by atoms with Gasteiger partial charge in [-0.05, 0) is 17.7 Å². The van der Waals surface area contributed by atoms with Gasteiger partial charge in [0.15, 0.2) is 0 Å². The van der Waals surface area contributed by atoms with Crippen molar-refractivity contribution in [1.82, 2.24) is 0 Å². The fourth-order valence-electron chi connectivity index (χ4n) is 0.836. The molecule has 0 saturated heterocycles. The Morgan fingerprint density at radius 3 is 2.57 bits per heavy atom. The lowest BCUT2D eigenvalue weighted by molar-refractivity contribution is 0.177. The molecule has 0 bridgehead atoms. The maximum absolute atomic E-state index is 10.5. The number of halogens is 1. The van der Waals surface area contributed by atoms with E-state index in [1.54, 1.807) is 0 Å². The Kier molecular flexibility index (Phi) is 3.53. The van der Waals surface area contributed by atoms with Crippen LogP contribution in [0.3, 0.4) is 0 Å². The minimum absolute atomic E-state index is 0.0468. The number of hydrogen-bond acceptors (Lipinski definition) is 2. The molecule has 0 heterocycles. The Balaban J connectivity index is 3.01. The highest BCUT2D eigenvalue weighted by Gasteiger charge is 2.18. The normalized spacial score (nSPS) is 11.4. The van der Waals surface area contributed by atoms with Gasteiger partial charge in [0.05, 0.1) is 5.02 Å². The molecule has 0 aliphatic heterocycles. The first-order chi connectivity index (χ1) is 6.42. The van der Waals surface area contributed by atoms with Gasteiger partial charge in [0.25, 0.3) is 0 Å². The van der Waals surface area contributed by atoms with Gasteiger partial charge in [0, 0.05) is 0 Å². The van der Waals surface area contributed by atoms with E-state index in [0.717, 1.165) is 0 Å². The number of phosphoric acid groups is 1. The van der Waals surface area contributed by atoms with Crippen LogP contribution in [0.4, 0.5) is 0 Å². The summed E-state index contributed by atoms with van der Waals surface area (Å²) >= 11 is 5.59. The Hall–Kier alpha value is -0.580. The standard InChI is InChI=1S/C7H7ClO5P/c8-6-2-1-5(4-9)3-7(6)13-14(10,11)12/h1-3H,4H2,(H2,10,11,12). The molecule has 2 N–H and O–H groups in total. The van der Waals surface area contributed by atoms with Crippen LogP contribution in [0.2, 0.25) is 5.02 Å². The van der Waals surface area contributed by atoms with Crippen molar-refractivity contribution in [3.05, 3.63) is 28.8 Å². The molecule has 0 atom stereocenters. The van der Waals surface area contributed by atoms with Crippen molar-refractivity contribution in [2.24, 2.45) is 0 Å². The largest absolute Gasteiger partial charge is 0.524 e. The fourth-order valence-corrected chi connectivity index (χ4v) is 1.45. The lowest BCUT2D eigenvalue weighted by atomic mass is 10.2. The molecule has 77 valence electrons. The van der Waals surface area contributed by atoms with Crippen LogP contribution in [-0.4, -0.2) is 9.79 Å². The zero-order valence-electron chi connectivity index (χ0n) is 6.88. The van der Waals surface area contributed by atoms with Crippen LogP contribution in [0.5, 0.6) is 5.75 Å². The zero-order valence-corrected chi connectivity index (χ0v) is 8.53. The summed E-state index contributed by atoms with van der Waals surface area (Å²) in [6, 6.07) is 4.01. The van der Waals surface area contributed by atoms with Crippen LogP contribution in [-0.2, 0) is 16.3 Å². The van der Waals surface area contributed by atoms with Crippen molar-refractivity contribution in [2.75, 3.05) is 0 Å². The molecule has 0 aliphatic carbocycles. The molecule has 1 aromatic rings. The van der Waals surface area contributed by atoms with Gasteiger partial charge in [-0.25, -0.2) is 9.67 Å². The summed E-state index contributed by atoms with van der Waals surface area (Å²) < 4.78 is 14.8. The van der Waals surface area contributed by atoms with E-state index in [2.05, 4.69) is 4.52 Å². The fraction of sp³-hybridized carbons (Fsp3) is 0.143. The van der Waals surface area contributed by atoms with E-state index in [4.69, 9.17) is 21.4 Å². The smallest absolute Gasteiger partial charge is 0.403 e. The van der Waals surface area contributed by atoms with Gasteiger partial charge in [-0.1, -0.05) is 17.7 Å². The van der Waals surface area contributed by atoms with E-state index < -0.39 is 14.4 Å². The van der Waals surface area contributed by atoms with E-state index in [1.807, 2.05) is 0 Å². The summed E-state index contributed by atoms with van der Waals surface area (Å²) in [6.45, 7) is -0.505. The molecule has 0 spiro atoms. The van der Waals surface area contributed by atoms with E-state index in [9.17, 15) is 9.67 Å². The van der Waals surface area contributed by atoms with Crippen molar-refractivity contribution in [3.8, 4) is 5.75 Å². The SMILES string of the molecule is [O]Cc1ccc(Cl)c(OP(=O)(O)O)c1. The van der Waals surface area contributed by atoms with Gasteiger partial charge in [-0.2, -0.15) is 0 Å². The van der Waals surface area contributed by atoms with E-state index >= 15 is 0 Å². The Bertz CT molecular complexity index is 374. The lowest BCUT2D eigenvalue weighted by Crippen LogP contribution is -1.92. The topological polar surface area (TPSA) is 86.7 Å². The highest BCUT2D eigenvalue weighted by Crippen LogP contribution is 2.40. The minimum Gasteiger partial charge on any atom is -0.403 e. The minimum atomic E-state index is -4.63. The third kappa shape index (κ3) is 3.29. The molecule has 14 heavy (non-hydrogen) atoms. The molecular formula is C7H7ClO5P. The van der Waals surface area contributed by atoms with E-state index in [1.165, 1.54) is 18.2 Å². The molecule has 0 fully saturated rings. The number of benzene rings is 1. The predicted octanol–water partition coefficient (Wildman–Crippen LogP) is 1.74. The van der Waals surface area contributed by atoms with Crippen molar-refractivity contribution < 1.29 is 24.0 Å². The summed E-state index contributed by atoms with van der Waals surface area (Å²) in [5.74, 6) is -0.187. The van der Waals surface area contributed by atoms with Crippen molar-refractivity contribution >= 4 is 19.4 Å². The molecule has 1 rings (SSSR count). The summed E-state index contributed by atoms with van der Waals surface area (Å²) in [6.07, 6.45) is 0. The van der Waals surface area contributed by atoms with Crippen LogP contribution >= 0.6 is 19.4 Å². The Labute approximate surface area is 85.1 Å².